The summed E-state index contributed by atoms with van der Waals surface area (Å²) in [6.45, 7) is 3.21. The molecular weight excluding hydrogens is 454 g/mol. The molecule has 0 aromatic heterocycles. The standard InChI is InChI=1S/C25H33N3O5S/c26-10-12-31-14-15-32-13-11-27-25(30)23-18-34-19-28(23)24(29)16-20-6-8-22(9-7-20)33-17-21-4-2-1-3-5-21/h1-9,23H,10-19,26H2,(H,27,30). The van der Waals surface area contributed by atoms with Crippen molar-refractivity contribution in [1.82, 2.24) is 10.2 Å². The van der Waals surface area contributed by atoms with Crippen LogP contribution >= 0.6 is 11.8 Å². The molecule has 8 nitrogen and oxygen atoms in total. The zero-order valence-corrected chi connectivity index (χ0v) is 20.1. The van der Waals surface area contributed by atoms with Gasteiger partial charge in [-0.1, -0.05) is 42.5 Å². The van der Waals surface area contributed by atoms with E-state index in [1.165, 1.54) is 0 Å². The third kappa shape index (κ3) is 8.64. The molecule has 3 rings (SSSR count). The van der Waals surface area contributed by atoms with E-state index < -0.39 is 6.04 Å². The molecule has 2 amide bonds. The Morgan fingerprint density at radius 1 is 0.971 bits per heavy atom. The molecule has 1 saturated heterocycles. The van der Waals surface area contributed by atoms with E-state index in [4.69, 9.17) is 19.9 Å². The highest BCUT2D eigenvalue weighted by atomic mass is 32.2. The van der Waals surface area contributed by atoms with Crippen LogP contribution in [0.4, 0.5) is 0 Å². The Balaban J connectivity index is 1.39. The second-order valence-electron chi connectivity index (χ2n) is 7.78. The number of hydrogen-bond acceptors (Lipinski definition) is 7. The molecule has 1 atom stereocenters. The highest BCUT2D eigenvalue weighted by molar-refractivity contribution is 7.99. The quantitative estimate of drug-likeness (QED) is 0.392. The van der Waals surface area contributed by atoms with Crippen LogP contribution in [0.1, 0.15) is 11.1 Å². The molecule has 3 N–H and O–H groups in total. The molecule has 34 heavy (non-hydrogen) atoms. The third-order valence-corrected chi connectivity index (χ3v) is 6.22. The fraction of sp³-hybridized carbons (Fsp3) is 0.440. The Morgan fingerprint density at radius 2 is 1.71 bits per heavy atom. The smallest absolute Gasteiger partial charge is 0.243 e. The number of carbonyl (C=O) groups is 2. The lowest BCUT2D eigenvalue weighted by atomic mass is 10.1. The average molecular weight is 488 g/mol. The SMILES string of the molecule is NCCOCCOCCNC(=O)C1CSCN1C(=O)Cc1ccc(OCc2ccccc2)cc1. The van der Waals surface area contributed by atoms with Gasteiger partial charge in [-0.05, 0) is 23.3 Å². The van der Waals surface area contributed by atoms with Crippen LogP contribution in [0.25, 0.3) is 0 Å². The maximum atomic E-state index is 12.9. The Morgan fingerprint density at radius 3 is 2.44 bits per heavy atom. The van der Waals surface area contributed by atoms with Crippen LogP contribution in [0.15, 0.2) is 54.6 Å². The average Bonchev–Trinajstić information content (AvgIpc) is 3.36. The van der Waals surface area contributed by atoms with E-state index in [1.807, 2.05) is 54.6 Å². The second kappa shape index (κ2) is 14.6. The normalized spacial score (nSPS) is 15.3. The first kappa shape index (κ1) is 26.0. The number of carbonyl (C=O) groups excluding carboxylic acids is 2. The minimum atomic E-state index is -0.459. The van der Waals surface area contributed by atoms with Crippen LogP contribution in [0.2, 0.25) is 0 Å². The van der Waals surface area contributed by atoms with Gasteiger partial charge in [0.15, 0.2) is 0 Å². The van der Waals surface area contributed by atoms with Crippen LogP contribution in [0.5, 0.6) is 5.75 Å². The number of rotatable bonds is 14. The topological polar surface area (TPSA) is 103 Å². The summed E-state index contributed by atoms with van der Waals surface area (Å²) < 4.78 is 16.5. The van der Waals surface area contributed by atoms with Gasteiger partial charge in [0.25, 0.3) is 0 Å². The van der Waals surface area contributed by atoms with E-state index in [2.05, 4.69) is 5.32 Å². The van der Waals surface area contributed by atoms with E-state index in [0.29, 0.717) is 57.8 Å². The lowest BCUT2D eigenvalue weighted by Crippen LogP contribution is -2.48. The fourth-order valence-corrected chi connectivity index (χ4v) is 4.58. The Bertz CT molecular complexity index is 882. The monoisotopic (exact) mass is 487 g/mol. The molecule has 2 aromatic rings. The minimum Gasteiger partial charge on any atom is -0.489 e. The minimum absolute atomic E-state index is 0.0589. The van der Waals surface area contributed by atoms with Gasteiger partial charge in [0.2, 0.25) is 11.8 Å². The number of nitrogens with two attached hydrogens (primary N) is 1. The zero-order valence-electron chi connectivity index (χ0n) is 19.3. The summed E-state index contributed by atoms with van der Waals surface area (Å²) in [5.74, 6) is 1.66. The molecule has 9 heteroatoms. The molecule has 1 aliphatic rings. The van der Waals surface area contributed by atoms with Gasteiger partial charge in [-0.2, -0.15) is 0 Å². The molecule has 1 aliphatic heterocycles. The van der Waals surface area contributed by atoms with Crippen LogP contribution in [0, 0.1) is 0 Å². The number of nitrogens with one attached hydrogen (secondary N) is 1. The molecule has 1 unspecified atom stereocenters. The van der Waals surface area contributed by atoms with Crippen LogP contribution < -0.4 is 15.8 Å². The number of benzene rings is 2. The van der Waals surface area contributed by atoms with E-state index in [1.54, 1.807) is 16.7 Å². The first-order valence-electron chi connectivity index (χ1n) is 11.4. The molecular formula is C25H33N3O5S. The summed E-state index contributed by atoms with van der Waals surface area (Å²) in [7, 11) is 0. The van der Waals surface area contributed by atoms with E-state index >= 15 is 0 Å². The highest BCUT2D eigenvalue weighted by Gasteiger charge is 2.34. The van der Waals surface area contributed by atoms with Crippen LogP contribution in [-0.2, 0) is 32.1 Å². The second-order valence-corrected chi connectivity index (χ2v) is 8.78. The fourth-order valence-electron chi connectivity index (χ4n) is 3.40. The predicted molar refractivity (Wildman–Crippen MR) is 133 cm³/mol. The van der Waals surface area contributed by atoms with Crippen molar-refractivity contribution in [3.63, 3.8) is 0 Å². The van der Waals surface area contributed by atoms with Crippen molar-refractivity contribution in [2.45, 2.75) is 19.1 Å². The first-order chi connectivity index (χ1) is 16.7. The van der Waals surface area contributed by atoms with Crippen molar-refractivity contribution in [2.75, 3.05) is 51.1 Å². The van der Waals surface area contributed by atoms with Gasteiger partial charge >= 0.3 is 0 Å². The van der Waals surface area contributed by atoms with Crippen LogP contribution in [-0.4, -0.2) is 73.9 Å². The molecule has 0 aliphatic carbocycles. The summed E-state index contributed by atoms with van der Waals surface area (Å²) >= 11 is 1.59. The summed E-state index contributed by atoms with van der Waals surface area (Å²) in [5, 5.41) is 2.86. The molecule has 184 valence electrons. The summed E-state index contributed by atoms with van der Waals surface area (Å²) in [6.07, 6.45) is 0.245. The number of thioether (sulfide) groups is 1. The van der Waals surface area contributed by atoms with Gasteiger partial charge in [0.05, 0.1) is 38.7 Å². The lowest BCUT2D eigenvalue weighted by Gasteiger charge is -2.23. The molecule has 0 spiro atoms. The van der Waals surface area contributed by atoms with Gasteiger partial charge in [-0.3, -0.25) is 9.59 Å². The van der Waals surface area contributed by atoms with E-state index in [9.17, 15) is 9.59 Å². The van der Waals surface area contributed by atoms with Crippen molar-refractivity contribution in [1.29, 1.82) is 0 Å². The van der Waals surface area contributed by atoms with Gasteiger partial charge in [-0.25, -0.2) is 0 Å². The Labute approximate surface area is 205 Å². The maximum absolute atomic E-state index is 12.9. The van der Waals surface area contributed by atoms with Crippen molar-refractivity contribution in [3.8, 4) is 5.75 Å². The van der Waals surface area contributed by atoms with Gasteiger partial charge in [-0.15, -0.1) is 11.8 Å². The Kier molecular flexibility index (Phi) is 11.2. The van der Waals surface area contributed by atoms with Crippen molar-refractivity contribution in [3.05, 3.63) is 65.7 Å². The largest absolute Gasteiger partial charge is 0.489 e. The molecule has 1 heterocycles. The summed E-state index contributed by atoms with van der Waals surface area (Å²) in [5.41, 5.74) is 7.33. The third-order valence-electron chi connectivity index (χ3n) is 5.21. The van der Waals surface area contributed by atoms with Gasteiger partial charge in [0, 0.05) is 18.8 Å². The van der Waals surface area contributed by atoms with E-state index in [0.717, 1.165) is 16.9 Å². The van der Waals surface area contributed by atoms with Gasteiger partial charge < -0.3 is 30.2 Å². The van der Waals surface area contributed by atoms with Crippen molar-refractivity contribution < 1.29 is 23.8 Å². The molecule has 0 saturated carbocycles. The van der Waals surface area contributed by atoms with Crippen molar-refractivity contribution >= 4 is 23.6 Å². The zero-order chi connectivity index (χ0) is 24.0. The predicted octanol–water partition coefficient (Wildman–Crippen LogP) is 1.82. The van der Waals surface area contributed by atoms with E-state index in [-0.39, 0.29) is 18.2 Å². The van der Waals surface area contributed by atoms with Crippen molar-refractivity contribution in [2.24, 2.45) is 5.73 Å². The Hall–Kier alpha value is -2.59. The molecule has 0 radical (unpaired) electrons. The molecule has 0 bridgehead atoms. The molecule has 1 fully saturated rings. The number of nitrogens with zero attached hydrogens (tertiary/aromatic N) is 1. The maximum Gasteiger partial charge on any atom is 0.243 e. The number of hydrogen-bond donors (Lipinski definition) is 2. The number of amides is 2. The van der Waals surface area contributed by atoms with Crippen LogP contribution in [0.3, 0.4) is 0 Å². The molecule has 2 aromatic carbocycles. The summed E-state index contributed by atoms with van der Waals surface area (Å²) in [6, 6.07) is 17.0. The van der Waals surface area contributed by atoms with Gasteiger partial charge in [0.1, 0.15) is 18.4 Å². The lowest BCUT2D eigenvalue weighted by molar-refractivity contribution is -0.137. The number of ether oxygens (including phenoxy) is 3. The highest BCUT2D eigenvalue weighted by Crippen LogP contribution is 2.23. The summed E-state index contributed by atoms with van der Waals surface area (Å²) in [4.78, 5) is 27.1. The first-order valence-corrected chi connectivity index (χ1v) is 12.6.